The van der Waals surface area contributed by atoms with Gasteiger partial charge in [-0.05, 0) is 46.7 Å². The average molecular weight is 199 g/mol. The molecular weight excluding hydrogens is 174 g/mol. The Morgan fingerprint density at radius 3 is 2.07 bits per heavy atom. The largest absolute Gasteiger partial charge is 0.375 e. The van der Waals surface area contributed by atoms with Gasteiger partial charge < -0.3 is 9.64 Å². The summed E-state index contributed by atoms with van der Waals surface area (Å²) in [6.45, 7) is 10.9. The molecule has 0 radical (unpaired) electrons. The Hall–Kier alpha value is -0.0800. The van der Waals surface area contributed by atoms with Crippen LogP contribution < -0.4 is 0 Å². The van der Waals surface area contributed by atoms with Gasteiger partial charge in [0.15, 0.2) is 0 Å². The van der Waals surface area contributed by atoms with E-state index in [-0.39, 0.29) is 5.60 Å². The van der Waals surface area contributed by atoms with Crippen molar-refractivity contribution in [2.75, 3.05) is 26.2 Å². The molecule has 0 spiro atoms. The second-order valence-electron chi connectivity index (χ2n) is 5.22. The van der Waals surface area contributed by atoms with Gasteiger partial charge in [-0.25, -0.2) is 0 Å². The van der Waals surface area contributed by atoms with Crippen LogP contribution in [0.15, 0.2) is 0 Å². The van der Waals surface area contributed by atoms with Crippen molar-refractivity contribution in [2.24, 2.45) is 0 Å². The minimum Gasteiger partial charge on any atom is -0.375 e. The van der Waals surface area contributed by atoms with E-state index in [9.17, 15) is 0 Å². The van der Waals surface area contributed by atoms with Crippen molar-refractivity contribution in [3.8, 4) is 0 Å². The predicted octanol–water partition coefficient (Wildman–Crippen LogP) is 2.68. The van der Waals surface area contributed by atoms with Gasteiger partial charge in [-0.3, -0.25) is 0 Å². The number of hydrogen-bond donors (Lipinski definition) is 0. The monoisotopic (exact) mass is 199 g/mol. The predicted molar refractivity (Wildman–Crippen MR) is 60.6 cm³/mol. The summed E-state index contributed by atoms with van der Waals surface area (Å²) >= 11 is 0. The Bertz CT molecular complexity index is 143. The smallest absolute Gasteiger partial charge is 0.0600 e. The molecule has 0 aliphatic carbocycles. The van der Waals surface area contributed by atoms with Gasteiger partial charge in [0.25, 0.3) is 0 Å². The second-order valence-corrected chi connectivity index (χ2v) is 5.22. The molecule has 1 fully saturated rings. The zero-order valence-electron chi connectivity index (χ0n) is 10.0. The molecule has 0 N–H and O–H groups in total. The molecule has 0 aromatic heterocycles. The van der Waals surface area contributed by atoms with Crippen molar-refractivity contribution in [1.29, 1.82) is 0 Å². The van der Waals surface area contributed by atoms with E-state index >= 15 is 0 Å². The quantitative estimate of drug-likeness (QED) is 0.693. The van der Waals surface area contributed by atoms with Gasteiger partial charge >= 0.3 is 0 Å². The van der Waals surface area contributed by atoms with E-state index in [2.05, 4.69) is 25.7 Å². The lowest BCUT2D eigenvalue weighted by molar-refractivity contribution is -0.0127. The molecule has 84 valence electrons. The number of rotatable bonds is 3. The average Bonchev–Trinajstić information content (AvgIpc) is 2.30. The molecule has 14 heavy (non-hydrogen) atoms. The number of ether oxygens (including phenoxy) is 1. The van der Waals surface area contributed by atoms with Crippen molar-refractivity contribution in [3.05, 3.63) is 0 Å². The summed E-state index contributed by atoms with van der Waals surface area (Å²) in [5, 5.41) is 0. The van der Waals surface area contributed by atoms with Crippen LogP contribution in [0.2, 0.25) is 0 Å². The normalized spacial score (nSPS) is 20.8. The molecule has 0 unspecified atom stereocenters. The zero-order valence-corrected chi connectivity index (χ0v) is 10.0. The summed E-state index contributed by atoms with van der Waals surface area (Å²) in [5.74, 6) is 0. The van der Waals surface area contributed by atoms with Crippen LogP contribution in [0.5, 0.6) is 0 Å². The Labute approximate surface area is 88.6 Å². The number of hydrogen-bond acceptors (Lipinski definition) is 2. The molecule has 0 saturated carbocycles. The molecule has 0 bridgehead atoms. The molecule has 1 rings (SSSR count). The van der Waals surface area contributed by atoms with Gasteiger partial charge in [0, 0.05) is 6.54 Å². The molecule has 1 aliphatic rings. The van der Waals surface area contributed by atoms with Crippen molar-refractivity contribution >= 4 is 0 Å². The number of likely N-dealkylation sites (tertiary alicyclic amines) is 1. The summed E-state index contributed by atoms with van der Waals surface area (Å²) in [6, 6.07) is 0. The summed E-state index contributed by atoms with van der Waals surface area (Å²) in [7, 11) is 0. The zero-order chi connectivity index (χ0) is 10.4. The maximum atomic E-state index is 5.73. The first-order valence-electron chi connectivity index (χ1n) is 5.94. The fraction of sp³-hybridized carbons (Fsp3) is 1.00. The highest BCUT2D eigenvalue weighted by Crippen LogP contribution is 2.10. The van der Waals surface area contributed by atoms with Crippen molar-refractivity contribution in [2.45, 2.75) is 52.1 Å². The molecule has 0 amide bonds. The fourth-order valence-corrected chi connectivity index (χ4v) is 1.84. The molecule has 1 heterocycles. The van der Waals surface area contributed by atoms with Crippen LogP contribution in [0.3, 0.4) is 0 Å². The van der Waals surface area contributed by atoms with E-state index in [0.29, 0.717) is 0 Å². The van der Waals surface area contributed by atoms with E-state index in [1.807, 2.05) is 0 Å². The first-order valence-corrected chi connectivity index (χ1v) is 5.94. The molecule has 0 atom stereocenters. The summed E-state index contributed by atoms with van der Waals surface area (Å²) in [5.41, 5.74) is 0.0197. The molecule has 2 nitrogen and oxygen atoms in total. The first kappa shape index (κ1) is 12.0. The van der Waals surface area contributed by atoms with Gasteiger partial charge in [0.05, 0.1) is 12.2 Å². The van der Waals surface area contributed by atoms with Gasteiger partial charge in [-0.1, -0.05) is 12.8 Å². The fourth-order valence-electron chi connectivity index (χ4n) is 1.84. The van der Waals surface area contributed by atoms with E-state index in [0.717, 1.165) is 13.2 Å². The third kappa shape index (κ3) is 5.61. The topological polar surface area (TPSA) is 12.5 Å². The van der Waals surface area contributed by atoms with Gasteiger partial charge in [0.2, 0.25) is 0 Å². The lowest BCUT2D eigenvalue weighted by atomic mass is 10.2. The standard InChI is InChI=1S/C12H25NO/c1-12(2,3)14-11-10-13-8-6-4-5-7-9-13/h4-11H2,1-3H3. The maximum Gasteiger partial charge on any atom is 0.0600 e. The number of nitrogens with zero attached hydrogens (tertiary/aromatic N) is 1. The van der Waals surface area contributed by atoms with Gasteiger partial charge in [0.1, 0.15) is 0 Å². The highest BCUT2D eigenvalue weighted by Gasteiger charge is 2.12. The Morgan fingerprint density at radius 2 is 1.57 bits per heavy atom. The minimum absolute atomic E-state index is 0.0197. The molecular formula is C12H25NO. The van der Waals surface area contributed by atoms with E-state index in [1.54, 1.807) is 0 Å². The van der Waals surface area contributed by atoms with Crippen LogP contribution in [0, 0.1) is 0 Å². The van der Waals surface area contributed by atoms with Crippen molar-refractivity contribution in [1.82, 2.24) is 4.90 Å². The van der Waals surface area contributed by atoms with Gasteiger partial charge in [-0.2, -0.15) is 0 Å². The van der Waals surface area contributed by atoms with Crippen LogP contribution >= 0.6 is 0 Å². The van der Waals surface area contributed by atoms with Crippen LogP contribution in [0.25, 0.3) is 0 Å². The highest BCUT2D eigenvalue weighted by molar-refractivity contribution is 4.64. The minimum atomic E-state index is 0.0197. The summed E-state index contributed by atoms with van der Waals surface area (Å²) < 4.78 is 5.73. The van der Waals surface area contributed by atoms with Crippen LogP contribution in [0.4, 0.5) is 0 Å². The lowest BCUT2D eigenvalue weighted by Crippen LogP contribution is -2.31. The van der Waals surface area contributed by atoms with E-state index in [4.69, 9.17) is 4.74 Å². The molecule has 1 aliphatic heterocycles. The van der Waals surface area contributed by atoms with Crippen LogP contribution in [-0.2, 0) is 4.74 Å². The van der Waals surface area contributed by atoms with Gasteiger partial charge in [-0.15, -0.1) is 0 Å². The van der Waals surface area contributed by atoms with Crippen molar-refractivity contribution in [3.63, 3.8) is 0 Å². The van der Waals surface area contributed by atoms with Crippen LogP contribution in [0.1, 0.15) is 46.5 Å². The summed E-state index contributed by atoms with van der Waals surface area (Å²) in [4.78, 5) is 2.54. The first-order chi connectivity index (χ1) is 6.58. The Balaban J connectivity index is 2.10. The van der Waals surface area contributed by atoms with E-state index in [1.165, 1.54) is 38.8 Å². The molecule has 0 aromatic carbocycles. The SMILES string of the molecule is CC(C)(C)OCCN1CCCCCC1. The highest BCUT2D eigenvalue weighted by atomic mass is 16.5. The van der Waals surface area contributed by atoms with E-state index < -0.39 is 0 Å². The molecule has 2 heteroatoms. The maximum absolute atomic E-state index is 5.73. The Morgan fingerprint density at radius 1 is 1.00 bits per heavy atom. The summed E-state index contributed by atoms with van der Waals surface area (Å²) in [6.07, 6.45) is 5.57. The van der Waals surface area contributed by atoms with Crippen molar-refractivity contribution < 1.29 is 4.74 Å². The lowest BCUT2D eigenvalue weighted by Gasteiger charge is -2.24. The second kappa shape index (κ2) is 5.72. The molecule has 1 saturated heterocycles. The third-order valence-electron chi connectivity index (χ3n) is 2.64. The third-order valence-corrected chi connectivity index (χ3v) is 2.64. The van der Waals surface area contributed by atoms with Crippen LogP contribution in [-0.4, -0.2) is 36.7 Å². The molecule has 0 aromatic rings. The Kier molecular flexibility index (Phi) is 4.90.